The van der Waals surface area contributed by atoms with Gasteiger partial charge in [-0.1, -0.05) is 12.1 Å². The minimum Gasteiger partial charge on any atom is -0.478 e. The van der Waals surface area contributed by atoms with Crippen molar-refractivity contribution in [3.8, 4) is 0 Å². The largest absolute Gasteiger partial charge is 0.478 e. The fourth-order valence-corrected chi connectivity index (χ4v) is 2.55. The van der Waals surface area contributed by atoms with Gasteiger partial charge in [-0.3, -0.25) is 4.90 Å². The van der Waals surface area contributed by atoms with Crippen molar-refractivity contribution >= 4 is 5.97 Å². The summed E-state index contributed by atoms with van der Waals surface area (Å²) in [5.41, 5.74) is 1.36. The highest BCUT2D eigenvalue weighted by molar-refractivity contribution is 5.87. The van der Waals surface area contributed by atoms with E-state index in [9.17, 15) is 4.79 Å². The van der Waals surface area contributed by atoms with E-state index in [2.05, 4.69) is 37.9 Å². The second-order valence-corrected chi connectivity index (χ2v) is 5.96. The molecule has 0 fully saturated rings. The zero-order valence-electron chi connectivity index (χ0n) is 13.6. The number of benzene rings is 1. The molecule has 1 aromatic carbocycles. The van der Waals surface area contributed by atoms with Gasteiger partial charge >= 0.3 is 5.97 Å². The minimum atomic E-state index is -0.874. The van der Waals surface area contributed by atoms with Gasteiger partial charge < -0.3 is 10.4 Å². The van der Waals surface area contributed by atoms with Crippen LogP contribution in [0.5, 0.6) is 0 Å². The van der Waals surface area contributed by atoms with Crippen LogP contribution in [0.15, 0.2) is 24.3 Å². The summed E-state index contributed by atoms with van der Waals surface area (Å²) in [4.78, 5) is 13.4. The van der Waals surface area contributed by atoms with Gasteiger partial charge in [0.05, 0.1) is 5.56 Å². The van der Waals surface area contributed by atoms with Crippen molar-refractivity contribution in [2.45, 2.75) is 52.7 Å². The Balaban J connectivity index is 2.31. The third-order valence-electron chi connectivity index (χ3n) is 3.60. The van der Waals surface area contributed by atoms with E-state index in [-0.39, 0.29) is 0 Å². The summed E-state index contributed by atoms with van der Waals surface area (Å²) >= 11 is 0. The lowest BCUT2D eigenvalue weighted by Gasteiger charge is -2.30. The highest BCUT2D eigenvalue weighted by atomic mass is 16.4. The Morgan fingerprint density at radius 1 is 1.24 bits per heavy atom. The van der Waals surface area contributed by atoms with Crippen molar-refractivity contribution in [3.63, 3.8) is 0 Å². The van der Waals surface area contributed by atoms with Crippen LogP contribution in [0.25, 0.3) is 0 Å². The van der Waals surface area contributed by atoms with Gasteiger partial charge in [-0.25, -0.2) is 4.79 Å². The third kappa shape index (κ3) is 6.27. The Bertz CT molecular complexity index is 436. The maximum atomic E-state index is 10.9. The van der Waals surface area contributed by atoms with E-state index in [0.29, 0.717) is 24.2 Å². The third-order valence-corrected chi connectivity index (χ3v) is 3.60. The molecule has 0 saturated heterocycles. The van der Waals surface area contributed by atoms with E-state index >= 15 is 0 Å². The molecule has 0 aliphatic rings. The number of aromatic carboxylic acids is 1. The van der Waals surface area contributed by atoms with E-state index in [1.807, 2.05) is 6.07 Å². The van der Waals surface area contributed by atoms with E-state index in [1.54, 1.807) is 18.2 Å². The van der Waals surface area contributed by atoms with Crippen molar-refractivity contribution in [1.82, 2.24) is 10.2 Å². The van der Waals surface area contributed by atoms with E-state index in [4.69, 9.17) is 5.11 Å². The fraction of sp³-hybridized carbons (Fsp3) is 0.588. The second-order valence-electron chi connectivity index (χ2n) is 5.96. The van der Waals surface area contributed by atoms with Gasteiger partial charge in [-0.2, -0.15) is 0 Å². The maximum Gasteiger partial charge on any atom is 0.335 e. The first-order valence-corrected chi connectivity index (χ1v) is 7.70. The summed E-state index contributed by atoms with van der Waals surface area (Å²) < 4.78 is 0. The fourth-order valence-electron chi connectivity index (χ4n) is 2.55. The van der Waals surface area contributed by atoms with Gasteiger partial charge in [0, 0.05) is 18.6 Å². The topological polar surface area (TPSA) is 52.6 Å². The first kappa shape index (κ1) is 17.7. The van der Waals surface area contributed by atoms with Crippen LogP contribution in [0.1, 0.15) is 50.0 Å². The molecule has 0 aromatic heterocycles. The molecule has 21 heavy (non-hydrogen) atoms. The Hall–Kier alpha value is -1.39. The van der Waals surface area contributed by atoms with Crippen LogP contribution in [0, 0.1) is 0 Å². The molecule has 0 amide bonds. The lowest BCUT2D eigenvalue weighted by molar-refractivity contribution is 0.0696. The summed E-state index contributed by atoms with van der Waals surface area (Å²) in [5, 5.41) is 12.3. The predicted octanol–water partition coefficient (Wildman–Crippen LogP) is 2.98. The van der Waals surface area contributed by atoms with Crippen molar-refractivity contribution in [2.75, 3.05) is 13.1 Å². The van der Waals surface area contributed by atoms with Gasteiger partial charge in [-0.15, -0.1) is 0 Å². The number of hydrogen-bond donors (Lipinski definition) is 2. The summed E-state index contributed by atoms with van der Waals surface area (Å²) in [6, 6.07) is 8.22. The summed E-state index contributed by atoms with van der Waals surface area (Å²) in [5.74, 6) is -0.874. The molecule has 0 radical (unpaired) electrons. The number of hydrogen-bond acceptors (Lipinski definition) is 3. The average molecular weight is 292 g/mol. The van der Waals surface area contributed by atoms with Gasteiger partial charge in [0.1, 0.15) is 0 Å². The standard InChI is InChI=1S/C17H28N2O2/c1-13(2)19(14(3)4)10-6-9-18-12-15-7-5-8-16(11-15)17(20)21/h5,7-8,11,13-14,18H,6,9-10,12H2,1-4H3,(H,20,21). The minimum absolute atomic E-state index is 0.347. The van der Waals surface area contributed by atoms with Crippen LogP contribution < -0.4 is 5.32 Å². The molecule has 0 aliphatic heterocycles. The Kier molecular flexibility index (Phi) is 7.40. The SMILES string of the molecule is CC(C)N(CCCNCc1cccc(C(=O)O)c1)C(C)C. The highest BCUT2D eigenvalue weighted by Gasteiger charge is 2.12. The van der Waals surface area contributed by atoms with Gasteiger partial charge in [0.2, 0.25) is 0 Å². The molecule has 0 heterocycles. The summed E-state index contributed by atoms with van der Waals surface area (Å²) in [6.45, 7) is 11.6. The average Bonchev–Trinajstić information content (AvgIpc) is 2.42. The molecule has 4 nitrogen and oxygen atoms in total. The number of carboxylic acid groups (broad SMARTS) is 1. The van der Waals surface area contributed by atoms with Crippen molar-refractivity contribution < 1.29 is 9.90 Å². The van der Waals surface area contributed by atoms with Crippen LogP contribution in [-0.4, -0.2) is 41.1 Å². The lowest BCUT2D eigenvalue weighted by atomic mass is 10.1. The number of rotatable bonds is 9. The summed E-state index contributed by atoms with van der Waals surface area (Å²) in [6.07, 6.45) is 1.09. The van der Waals surface area contributed by atoms with Crippen LogP contribution in [0.2, 0.25) is 0 Å². The molecule has 2 N–H and O–H groups in total. The molecular formula is C17H28N2O2. The van der Waals surface area contributed by atoms with Crippen molar-refractivity contribution in [1.29, 1.82) is 0 Å². The van der Waals surface area contributed by atoms with Crippen LogP contribution >= 0.6 is 0 Å². The first-order valence-electron chi connectivity index (χ1n) is 7.70. The van der Waals surface area contributed by atoms with Crippen LogP contribution in [-0.2, 0) is 6.54 Å². The van der Waals surface area contributed by atoms with Crippen molar-refractivity contribution in [3.05, 3.63) is 35.4 Å². The molecule has 0 atom stereocenters. The molecule has 1 aromatic rings. The van der Waals surface area contributed by atoms with E-state index in [1.165, 1.54) is 0 Å². The molecule has 0 saturated carbocycles. The quantitative estimate of drug-likeness (QED) is 0.687. The normalized spacial score (nSPS) is 11.6. The van der Waals surface area contributed by atoms with Gasteiger partial charge in [-0.05, 0) is 64.9 Å². The number of nitrogens with one attached hydrogen (secondary N) is 1. The molecular weight excluding hydrogens is 264 g/mol. The molecule has 4 heteroatoms. The molecule has 0 bridgehead atoms. The van der Waals surface area contributed by atoms with Crippen LogP contribution in [0.3, 0.4) is 0 Å². The molecule has 0 aliphatic carbocycles. The molecule has 1 rings (SSSR count). The lowest BCUT2D eigenvalue weighted by Crippen LogP contribution is -2.38. The smallest absolute Gasteiger partial charge is 0.335 e. The van der Waals surface area contributed by atoms with Gasteiger partial charge in [0.15, 0.2) is 0 Å². The second kappa shape index (κ2) is 8.80. The number of carboxylic acids is 1. The van der Waals surface area contributed by atoms with E-state index in [0.717, 1.165) is 25.1 Å². The summed E-state index contributed by atoms with van der Waals surface area (Å²) in [7, 11) is 0. The zero-order valence-corrected chi connectivity index (χ0v) is 13.6. The van der Waals surface area contributed by atoms with Crippen LogP contribution in [0.4, 0.5) is 0 Å². The zero-order chi connectivity index (χ0) is 15.8. The number of nitrogens with zero attached hydrogens (tertiary/aromatic N) is 1. The monoisotopic (exact) mass is 292 g/mol. The Morgan fingerprint density at radius 2 is 1.90 bits per heavy atom. The number of carbonyl (C=O) groups is 1. The molecule has 118 valence electrons. The Morgan fingerprint density at radius 3 is 2.48 bits per heavy atom. The maximum absolute atomic E-state index is 10.9. The molecule has 0 spiro atoms. The first-order chi connectivity index (χ1) is 9.91. The van der Waals surface area contributed by atoms with Crippen molar-refractivity contribution in [2.24, 2.45) is 0 Å². The Labute approximate surface area is 128 Å². The molecule has 0 unspecified atom stereocenters. The van der Waals surface area contributed by atoms with E-state index < -0.39 is 5.97 Å². The highest BCUT2D eigenvalue weighted by Crippen LogP contribution is 2.06. The van der Waals surface area contributed by atoms with Gasteiger partial charge in [0.25, 0.3) is 0 Å². The predicted molar refractivity (Wildman–Crippen MR) is 86.7 cm³/mol.